The summed E-state index contributed by atoms with van der Waals surface area (Å²) in [5.74, 6) is 0. The zero-order valence-electron chi connectivity index (χ0n) is 3.60. The van der Waals surface area contributed by atoms with Gasteiger partial charge in [-0.2, -0.15) is 0 Å². The van der Waals surface area contributed by atoms with Gasteiger partial charge in [-0.05, 0) is 0 Å². The second-order valence-electron chi connectivity index (χ2n) is 1.11. The fraction of sp³-hybridized carbons (Fsp3) is 0.250. The molecule has 0 aromatic carbocycles. The van der Waals surface area contributed by atoms with Gasteiger partial charge in [0.05, 0.1) is 11.2 Å². The molecule has 1 heterocycles. The highest BCUT2D eigenvalue weighted by atomic mass is 127. The minimum atomic E-state index is 1.03. The van der Waals surface area contributed by atoms with E-state index in [1.54, 1.807) is 11.3 Å². The van der Waals surface area contributed by atoms with Gasteiger partial charge >= 0.3 is 0 Å². The molecule has 0 saturated heterocycles. The van der Waals surface area contributed by atoms with Crippen LogP contribution in [0.3, 0.4) is 0 Å². The van der Waals surface area contributed by atoms with Crippen LogP contribution in [0.5, 0.6) is 0 Å². The highest BCUT2D eigenvalue weighted by Crippen LogP contribution is 2.04. The maximum absolute atomic E-state index is 4.05. The summed E-state index contributed by atoms with van der Waals surface area (Å²) in [6.07, 6.45) is 0. The third kappa shape index (κ3) is 1.38. The highest BCUT2D eigenvalue weighted by molar-refractivity contribution is 14.1. The van der Waals surface area contributed by atoms with Crippen molar-refractivity contribution in [2.75, 3.05) is 0 Å². The predicted octanol–water partition coefficient (Wildman–Crippen LogP) is 2.08. The Hall–Kier alpha value is 0.360. The molecule has 0 aliphatic rings. The molecule has 0 unspecified atom stereocenters. The van der Waals surface area contributed by atoms with Crippen molar-refractivity contribution in [3.05, 3.63) is 16.6 Å². The minimum Gasteiger partial charge on any atom is -0.249 e. The lowest BCUT2D eigenvalue weighted by Crippen LogP contribution is -1.69. The lowest BCUT2D eigenvalue weighted by Gasteiger charge is -1.75. The van der Waals surface area contributed by atoms with Crippen LogP contribution in [0.1, 0.15) is 5.69 Å². The Morgan fingerprint density at radius 3 is 3.00 bits per heavy atom. The van der Waals surface area contributed by atoms with E-state index in [1.807, 2.05) is 5.51 Å². The van der Waals surface area contributed by atoms with E-state index in [2.05, 4.69) is 33.0 Å². The van der Waals surface area contributed by atoms with Crippen LogP contribution in [0.25, 0.3) is 0 Å². The van der Waals surface area contributed by atoms with Crippen molar-refractivity contribution in [2.45, 2.75) is 4.43 Å². The largest absolute Gasteiger partial charge is 0.249 e. The van der Waals surface area contributed by atoms with Gasteiger partial charge < -0.3 is 0 Å². The summed E-state index contributed by atoms with van der Waals surface area (Å²) >= 11 is 3.94. The summed E-state index contributed by atoms with van der Waals surface area (Å²) in [5, 5.41) is 2.06. The number of aromatic nitrogens is 1. The average molecular weight is 225 g/mol. The van der Waals surface area contributed by atoms with Gasteiger partial charge in [-0.3, -0.25) is 0 Å². The van der Waals surface area contributed by atoms with E-state index in [4.69, 9.17) is 0 Å². The lowest BCUT2D eigenvalue weighted by molar-refractivity contribution is 1.26. The van der Waals surface area contributed by atoms with Crippen molar-refractivity contribution in [3.8, 4) is 0 Å². The molecule has 1 nitrogen and oxygen atoms in total. The normalized spacial score (nSPS) is 9.29. The quantitative estimate of drug-likeness (QED) is 0.526. The molecule has 0 amide bonds. The molecule has 38 valence electrons. The second-order valence-corrected chi connectivity index (χ2v) is 2.59. The summed E-state index contributed by atoms with van der Waals surface area (Å²) in [5.41, 5.74) is 3.04. The van der Waals surface area contributed by atoms with Crippen molar-refractivity contribution < 1.29 is 0 Å². The van der Waals surface area contributed by atoms with Crippen LogP contribution in [0.15, 0.2) is 10.9 Å². The molecular weight excluding hydrogens is 221 g/mol. The zero-order chi connectivity index (χ0) is 5.11. The van der Waals surface area contributed by atoms with Crippen molar-refractivity contribution in [1.29, 1.82) is 0 Å². The van der Waals surface area contributed by atoms with Crippen molar-refractivity contribution in [1.82, 2.24) is 4.98 Å². The molecule has 3 heteroatoms. The summed E-state index contributed by atoms with van der Waals surface area (Å²) in [6.45, 7) is 0. The number of hydrogen-bond donors (Lipinski definition) is 0. The molecule has 1 rings (SSSR count). The molecule has 0 radical (unpaired) electrons. The van der Waals surface area contributed by atoms with Crippen LogP contribution in [-0.2, 0) is 4.43 Å². The lowest BCUT2D eigenvalue weighted by atomic mass is 10.6. The molecule has 0 saturated carbocycles. The summed E-state index contributed by atoms with van der Waals surface area (Å²) in [4.78, 5) is 4.05. The standard InChI is InChI=1S/C4H4INS/c5-1-4-2-7-3-6-4/h2-3H,1H2. The predicted molar refractivity (Wildman–Crippen MR) is 39.8 cm³/mol. The van der Waals surface area contributed by atoms with Crippen LogP contribution in [-0.4, -0.2) is 4.98 Å². The van der Waals surface area contributed by atoms with Gasteiger partial charge in [-0.15, -0.1) is 11.3 Å². The van der Waals surface area contributed by atoms with Gasteiger partial charge in [0.15, 0.2) is 0 Å². The first kappa shape index (κ1) is 5.50. The van der Waals surface area contributed by atoms with Gasteiger partial charge in [0.25, 0.3) is 0 Å². The van der Waals surface area contributed by atoms with E-state index in [9.17, 15) is 0 Å². The average Bonchev–Trinajstić information content (AvgIpc) is 2.14. The first-order chi connectivity index (χ1) is 3.43. The number of thiazole rings is 1. The zero-order valence-corrected chi connectivity index (χ0v) is 6.57. The van der Waals surface area contributed by atoms with Gasteiger partial charge in [-0.25, -0.2) is 4.98 Å². The Bertz CT molecular complexity index is 126. The third-order valence-electron chi connectivity index (χ3n) is 0.620. The van der Waals surface area contributed by atoms with Crippen LogP contribution >= 0.6 is 33.9 Å². The fourth-order valence-corrected chi connectivity index (χ4v) is 1.58. The molecule has 0 atom stereocenters. The molecule has 7 heavy (non-hydrogen) atoms. The van der Waals surface area contributed by atoms with E-state index in [-0.39, 0.29) is 0 Å². The fourth-order valence-electron chi connectivity index (χ4n) is 0.304. The number of halogens is 1. The Balaban J connectivity index is 2.76. The van der Waals surface area contributed by atoms with Crippen LogP contribution in [0.2, 0.25) is 0 Å². The van der Waals surface area contributed by atoms with Crippen LogP contribution in [0, 0.1) is 0 Å². The number of rotatable bonds is 1. The minimum absolute atomic E-state index is 1.03. The van der Waals surface area contributed by atoms with E-state index >= 15 is 0 Å². The summed E-state index contributed by atoms with van der Waals surface area (Å²) in [6, 6.07) is 0. The van der Waals surface area contributed by atoms with Crippen LogP contribution in [0.4, 0.5) is 0 Å². The summed E-state index contributed by atoms with van der Waals surface area (Å²) in [7, 11) is 0. The maximum atomic E-state index is 4.05. The van der Waals surface area contributed by atoms with Gasteiger partial charge in [0, 0.05) is 9.81 Å². The van der Waals surface area contributed by atoms with Crippen LogP contribution < -0.4 is 0 Å². The molecule has 0 aliphatic heterocycles. The molecular formula is C4H4INS. The number of nitrogens with zero attached hydrogens (tertiary/aromatic N) is 1. The Morgan fingerprint density at radius 1 is 1.86 bits per heavy atom. The van der Waals surface area contributed by atoms with E-state index in [1.165, 1.54) is 5.69 Å². The van der Waals surface area contributed by atoms with Gasteiger partial charge in [0.2, 0.25) is 0 Å². The molecule has 0 bridgehead atoms. The van der Waals surface area contributed by atoms with Gasteiger partial charge in [0.1, 0.15) is 0 Å². The topological polar surface area (TPSA) is 12.9 Å². The molecule has 1 aromatic heterocycles. The Morgan fingerprint density at radius 2 is 2.71 bits per heavy atom. The van der Waals surface area contributed by atoms with E-state index in [0.29, 0.717) is 0 Å². The maximum Gasteiger partial charge on any atom is 0.0795 e. The smallest absolute Gasteiger partial charge is 0.0795 e. The van der Waals surface area contributed by atoms with E-state index < -0.39 is 0 Å². The molecule has 0 fully saturated rings. The van der Waals surface area contributed by atoms with Gasteiger partial charge in [-0.1, -0.05) is 22.6 Å². The first-order valence-electron chi connectivity index (χ1n) is 1.86. The third-order valence-corrected chi connectivity index (χ3v) is 2.04. The second kappa shape index (κ2) is 2.61. The SMILES string of the molecule is ICc1cscn1. The molecule has 1 aromatic rings. The monoisotopic (exact) mass is 225 g/mol. The highest BCUT2D eigenvalue weighted by Gasteiger charge is 1.85. The van der Waals surface area contributed by atoms with Crippen molar-refractivity contribution in [3.63, 3.8) is 0 Å². The Kier molecular flexibility index (Phi) is 2.05. The van der Waals surface area contributed by atoms with Crippen molar-refractivity contribution >= 4 is 33.9 Å². The Labute approximate surface area is 59.9 Å². The first-order valence-corrected chi connectivity index (χ1v) is 4.33. The molecule has 0 spiro atoms. The molecule has 0 aliphatic carbocycles. The number of hydrogen-bond acceptors (Lipinski definition) is 2. The molecule has 0 N–H and O–H groups in total. The number of alkyl halides is 1. The van der Waals surface area contributed by atoms with E-state index in [0.717, 1.165) is 4.43 Å². The van der Waals surface area contributed by atoms with Crippen molar-refractivity contribution in [2.24, 2.45) is 0 Å². The summed E-state index contributed by atoms with van der Waals surface area (Å²) < 4.78 is 1.03.